The zero-order chi connectivity index (χ0) is 51.0. The van der Waals surface area contributed by atoms with Gasteiger partial charge in [0.1, 0.15) is 6.61 Å². The highest BCUT2D eigenvalue weighted by molar-refractivity contribution is 7.48. The van der Waals surface area contributed by atoms with Crippen molar-refractivity contribution in [2.45, 2.75) is 328 Å². The maximum Gasteiger partial charge on any atom is 0.474 e. The monoisotopic (exact) mass is 1010 g/mol. The lowest BCUT2D eigenvalue weighted by atomic mass is 10.0. The molecule has 0 bridgehead atoms. The number of esters is 2. The average Bonchev–Trinajstić information content (AvgIpc) is 3.36. The lowest BCUT2D eigenvalue weighted by Crippen LogP contribution is -2.30. The standard InChI is InChI=1S/C59H119N2O8P/c1-3-5-7-9-11-13-15-17-21-25-29-33-37-41-45-49-58(62)65-55-57(69-59(63)50-46-42-38-34-30-26-22-18-16-14-12-10-8-6-4-2)56-68-70(64,67-54-52-61)66-53-48-44-40-36-32-28-24-20-19-23-27-31-35-39-43-47-51-60/h57H,3-56,60-61H2,1-2H3/t57-,70?/m1/s1. The summed E-state index contributed by atoms with van der Waals surface area (Å²) < 4.78 is 42.1. The van der Waals surface area contributed by atoms with Gasteiger partial charge < -0.3 is 20.9 Å². The van der Waals surface area contributed by atoms with Crippen molar-refractivity contribution in [3.8, 4) is 0 Å². The summed E-state index contributed by atoms with van der Waals surface area (Å²) in [6.45, 7) is 5.31. The number of phosphoric acid groups is 1. The quantitative estimate of drug-likeness (QED) is 0.0342. The van der Waals surface area contributed by atoms with Crippen LogP contribution in [0, 0.1) is 0 Å². The summed E-state index contributed by atoms with van der Waals surface area (Å²) in [5.41, 5.74) is 11.3. The van der Waals surface area contributed by atoms with Crippen LogP contribution in [0.3, 0.4) is 0 Å². The molecule has 4 N–H and O–H groups in total. The van der Waals surface area contributed by atoms with Crippen molar-refractivity contribution in [1.82, 2.24) is 0 Å². The van der Waals surface area contributed by atoms with Crippen LogP contribution in [0.15, 0.2) is 0 Å². The molecule has 0 aliphatic rings. The van der Waals surface area contributed by atoms with Gasteiger partial charge in [-0.15, -0.1) is 0 Å². The Morgan fingerprint density at radius 1 is 0.343 bits per heavy atom. The van der Waals surface area contributed by atoms with E-state index in [-0.39, 0.29) is 51.3 Å². The van der Waals surface area contributed by atoms with E-state index in [1.54, 1.807) is 0 Å². The summed E-state index contributed by atoms with van der Waals surface area (Å²) in [6.07, 6.45) is 57.1. The number of nitrogens with two attached hydrogens (primary N) is 2. The molecule has 0 rings (SSSR count). The molecule has 418 valence electrons. The van der Waals surface area contributed by atoms with E-state index in [0.717, 1.165) is 70.8 Å². The molecule has 0 radical (unpaired) electrons. The Kier molecular flexibility index (Phi) is 56.4. The van der Waals surface area contributed by atoms with E-state index in [0.29, 0.717) is 6.42 Å². The Hall–Kier alpha value is -1.03. The van der Waals surface area contributed by atoms with E-state index >= 15 is 0 Å². The van der Waals surface area contributed by atoms with Crippen molar-refractivity contribution in [2.24, 2.45) is 11.5 Å². The lowest BCUT2D eigenvalue weighted by Gasteiger charge is -2.22. The Bertz CT molecular complexity index is 1120. The maximum absolute atomic E-state index is 13.7. The second-order valence-electron chi connectivity index (χ2n) is 20.8. The van der Waals surface area contributed by atoms with Crippen molar-refractivity contribution in [3.05, 3.63) is 0 Å². The second kappa shape index (κ2) is 57.3. The van der Waals surface area contributed by atoms with Crippen LogP contribution in [0.4, 0.5) is 0 Å². The van der Waals surface area contributed by atoms with E-state index in [1.807, 2.05) is 0 Å². The smallest absolute Gasteiger partial charge is 0.462 e. The van der Waals surface area contributed by atoms with Gasteiger partial charge in [0.15, 0.2) is 6.10 Å². The predicted molar refractivity (Wildman–Crippen MR) is 297 cm³/mol. The number of hydrogen-bond acceptors (Lipinski definition) is 10. The number of carbonyl (C=O) groups is 2. The van der Waals surface area contributed by atoms with Crippen LogP contribution in [0.5, 0.6) is 0 Å². The Labute approximate surface area is 434 Å². The molecule has 70 heavy (non-hydrogen) atoms. The molecule has 2 atom stereocenters. The van der Waals surface area contributed by atoms with Crippen molar-refractivity contribution in [1.29, 1.82) is 0 Å². The molecule has 0 saturated heterocycles. The first-order valence-corrected chi connectivity index (χ1v) is 32.2. The second-order valence-corrected chi connectivity index (χ2v) is 22.5. The largest absolute Gasteiger partial charge is 0.474 e. The molecule has 0 spiro atoms. The summed E-state index contributed by atoms with van der Waals surface area (Å²) in [5, 5.41) is 0. The van der Waals surface area contributed by atoms with Gasteiger partial charge in [-0.05, 0) is 32.2 Å². The van der Waals surface area contributed by atoms with Gasteiger partial charge in [0.25, 0.3) is 0 Å². The van der Waals surface area contributed by atoms with E-state index in [2.05, 4.69) is 13.8 Å². The molecular formula is C59H119N2O8P. The van der Waals surface area contributed by atoms with E-state index in [4.69, 9.17) is 34.5 Å². The fourth-order valence-corrected chi connectivity index (χ4v) is 10.5. The normalized spacial score (nSPS) is 12.9. The molecule has 0 aliphatic carbocycles. The minimum atomic E-state index is -3.99. The van der Waals surface area contributed by atoms with Crippen LogP contribution in [0.25, 0.3) is 0 Å². The molecule has 0 heterocycles. The van der Waals surface area contributed by atoms with Crippen LogP contribution in [-0.4, -0.2) is 57.6 Å². The van der Waals surface area contributed by atoms with E-state index in [1.165, 1.54) is 231 Å². The Morgan fingerprint density at radius 2 is 0.643 bits per heavy atom. The van der Waals surface area contributed by atoms with Gasteiger partial charge >= 0.3 is 19.8 Å². The van der Waals surface area contributed by atoms with Crippen molar-refractivity contribution in [3.63, 3.8) is 0 Å². The van der Waals surface area contributed by atoms with Gasteiger partial charge in [-0.3, -0.25) is 23.2 Å². The first-order valence-electron chi connectivity index (χ1n) is 30.7. The van der Waals surface area contributed by atoms with Gasteiger partial charge in [0.05, 0.1) is 19.8 Å². The summed E-state index contributed by atoms with van der Waals surface area (Å²) in [7, 11) is -3.99. The van der Waals surface area contributed by atoms with Gasteiger partial charge in [-0.25, -0.2) is 4.57 Å². The number of ether oxygens (including phenoxy) is 2. The molecule has 0 amide bonds. The van der Waals surface area contributed by atoms with Crippen molar-refractivity contribution < 1.29 is 37.2 Å². The van der Waals surface area contributed by atoms with Gasteiger partial charge in [-0.1, -0.05) is 284 Å². The summed E-state index contributed by atoms with van der Waals surface area (Å²) in [4.78, 5) is 25.8. The molecule has 0 aromatic heterocycles. The highest BCUT2D eigenvalue weighted by atomic mass is 31.2. The molecule has 0 aliphatic heterocycles. The van der Waals surface area contributed by atoms with Crippen LogP contribution in [0.1, 0.15) is 322 Å². The third kappa shape index (κ3) is 53.3. The molecule has 10 nitrogen and oxygen atoms in total. The third-order valence-corrected chi connectivity index (χ3v) is 15.3. The summed E-state index contributed by atoms with van der Waals surface area (Å²) in [5.74, 6) is -0.700. The molecule has 0 saturated carbocycles. The number of phosphoric ester groups is 1. The lowest BCUT2D eigenvalue weighted by molar-refractivity contribution is -0.161. The minimum absolute atomic E-state index is 0.00437. The molecule has 1 unspecified atom stereocenters. The highest BCUT2D eigenvalue weighted by Gasteiger charge is 2.30. The SMILES string of the molecule is CCCCCCCCCCCCCCCCCC(=O)OC[C@H](COP(=O)(OCCN)OCCCCCCCCCCCCCCCCCCN)OC(=O)CCCCCCCCCCCCCCCCC. The predicted octanol–water partition coefficient (Wildman–Crippen LogP) is 18.3. The number of rotatable bonds is 60. The maximum atomic E-state index is 13.7. The highest BCUT2D eigenvalue weighted by Crippen LogP contribution is 2.49. The van der Waals surface area contributed by atoms with Crippen molar-refractivity contribution >= 4 is 19.8 Å². The van der Waals surface area contributed by atoms with Gasteiger partial charge in [0, 0.05) is 19.4 Å². The summed E-state index contributed by atoms with van der Waals surface area (Å²) in [6, 6.07) is 0. The number of hydrogen-bond donors (Lipinski definition) is 2. The average molecular weight is 1020 g/mol. The number of unbranched alkanes of at least 4 members (excludes halogenated alkanes) is 43. The molecule has 0 fully saturated rings. The van der Waals surface area contributed by atoms with Crippen molar-refractivity contribution in [2.75, 3.05) is 39.5 Å². The zero-order valence-corrected chi connectivity index (χ0v) is 47.5. The van der Waals surface area contributed by atoms with Crippen LogP contribution in [-0.2, 0) is 37.2 Å². The van der Waals surface area contributed by atoms with E-state index < -0.39 is 13.9 Å². The first-order chi connectivity index (χ1) is 34.4. The zero-order valence-electron chi connectivity index (χ0n) is 46.6. The fraction of sp³-hybridized carbons (Fsp3) is 0.966. The Morgan fingerprint density at radius 3 is 0.986 bits per heavy atom. The first kappa shape index (κ1) is 69.0. The molecular weight excluding hydrogens is 896 g/mol. The van der Waals surface area contributed by atoms with E-state index in [9.17, 15) is 14.2 Å². The summed E-state index contributed by atoms with van der Waals surface area (Å²) >= 11 is 0. The fourth-order valence-electron chi connectivity index (χ4n) is 9.25. The third-order valence-electron chi connectivity index (χ3n) is 13.8. The minimum Gasteiger partial charge on any atom is -0.462 e. The van der Waals surface area contributed by atoms with Gasteiger partial charge in [0.2, 0.25) is 0 Å². The molecule has 0 aromatic rings. The topological polar surface area (TPSA) is 149 Å². The number of carbonyl (C=O) groups excluding carboxylic acids is 2. The Balaban J connectivity index is 4.66. The molecule has 0 aromatic carbocycles. The van der Waals surface area contributed by atoms with Crippen LogP contribution in [0.2, 0.25) is 0 Å². The van der Waals surface area contributed by atoms with Crippen LogP contribution < -0.4 is 11.5 Å². The van der Waals surface area contributed by atoms with Crippen LogP contribution >= 0.6 is 7.82 Å². The molecule has 11 heteroatoms. The van der Waals surface area contributed by atoms with Gasteiger partial charge in [-0.2, -0.15) is 0 Å².